The van der Waals surface area contributed by atoms with Gasteiger partial charge in [0.25, 0.3) is 0 Å². The summed E-state index contributed by atoms with van der Waals surface area (Å²) >= 11 is 0. The van der Waals surface area contributed by atoms with Gasteiger partial charge < -0.3 is 10.6 Å². The fraction of sp³-hybridized carbons (Fsp3) is 0.364. The lowest BCUT2D eigenvalue weighted by atomic mass is 9.95. The number of likely N-dealkylation sites (tertiary alicyclic amines) is 1. The van der Waals surface area contributed by atoms with E-state index < -0.39 is 6.04 Å². The Morgan fingerprint density at radius 3 is 2.57 bits per heavy atom. The Labute approximate surface area is 164 Å². The smallest absolute Gasteiger partial charge is 0.241 e. The first-order valence-corrected chi connectivity index (χ1v) is 9.61. The molecule has 0 aliphatic carbocycles. The van der Waals surface area contributed by atoms with Crippen molar-refractivity contribution in [3.05, 3.63) is 59.9 Å². The van der Waals surface area contributed by atoms with Crippen LogP contribution in [0.1, 0.15) is 25.3 Å². The summed E-state index contributed by atoms with van der Waals surface area (Å²) in [7, 11) is 0. The van der Waals surface area contributed by atoms with Crippen LogP contribution in [0.2, 0.25) is 0 Å². The first-order valence-electron chi connectivity index (χ1n) is 9.61. The van der Waals surface area contributed by atoms with Crippen LogP contribution in [-0.4, -0.2) is 35.8 Å². The number of hydrogen-bond acceptors (Lipinski definition) is 3. The summed E-state index contributed by atoms with van der Waals surface area (Å²) in [5.74, 6) is -0.737. The molecule has 0 saturated carbocycles. The molecule has 2 aromatic carbocycles. The number of hydrogen-bond donors (Lipinski definition) is 2. The topological polar surface area (TPSA) is 61.4 Å². The van der Waals surface area contributed by atoms with E-state index in [0.717, 1.165) is 25.1 Å². The van der Waals surface area contributed by atoms with Crippen molar-refractivity contribution in [2.75, 3.05) is 23.7 Å². The highest BCUT2D eigenvalue weighted by Crippen LogP contribution is 2.21. The van der Waals surface area contributed by atoms with Crippen molar-refractivity contribution in [1.82, 2.24) is 4.90 Å². The van der Waals surface area contributed by atoms with Gasteiger partial charge in [0.1, 0.15) is 5.82 Å². The summed E-state index contributed by atoms with van der Waals surface area (Å²) in [4.78, 5) is 27.2. The molecule has 2 N–H and O–H groups in total. The molecule has 6 heteroatoms. The van der Waals surface area contributed by atoms with Crippen LogP contribution in [0, 0.1) is 18.7 Å². The van der Waals surface area contributed by atoms with Crippen LogP contribution in [0.15, 0.2) is 48.5 Å². The Morgan fingerprint density at radius 2 is 1.86 bits per heavy atom. The second-order valence-corrected chi connectivity index (χ2v) is 7.32. The van der Waals surface area contributed by atoms with Gasteiger partial charge in [-0.05, 0) is 63.1 Å². The number of benzene rings is 2. The fourth-order valence-corrected chi connectivity index (χ4v) is 3.42. The summed E-state index contributed by atoms with van der Waals surface area (Å²) in [6, 6.07) is 13.6. The number of amides is 2. The maximum Gasteiger partial charge on any atom is 0.241 e. The highest BCUT2D eigenvalue weighted by molar-refractivity contribution is 5.95. The molecule has 2 amide bonds. The zero-order valence-corrected chi connectivity index (χ0v) is 16.2. The predicted octanol–water partition coefficient (Wildman–Crippen LogP) is 3.81. The van der Waals surface area contributed by atoms with E-state index in [1.807, 2.05) is 42.2 Å². The van der Waals surface area contributed by atoms with Crippen LogP contribution >= 0.6 is 0 Å². The molecule has 0 aromatic heterocycles. The minimum atomic E-state index is -0.406. The van der Waals surface area contributed by atoms with E-state index in [2.05, 4.69) is 10.6 Å². The zero-order chi connectivity index (χ0) is 20.1. The molecule has 0 unspecified atom stereocenters. The summed E-state index contributed by atoms with van der Waals surface area (Å²) in [6.45, 7) is 4.77. The lowest BCUT2D eigenvalue weighted by Crippen LogP contribution is -2.49. The lowest BCUT2D eigenvalue weighted by Gasteiger charge is -2.35. The Kier molecular flexibility index (Phi) is 6.41. The Balaban J connectivity index is 1.58. The molecule has 3 rings (SSSR count). The quantitative estimate of drug-likeness (QED) is 0.825. The van der Waals surface area contributed by atoms with Crippen molar-refractivity contribution in [2.24, 2.45) is 5.92 Å². The number of nitrogens with one attached hydrogen (secondary N) is 2. The monoisotopic (exact) mass is 383 g/mol. The van der Waals surface area contributed by atoms with Gasteiger partial charge in [0.05, 0.1) is 12.0 Å². The highest BCUT2D eigenvalue weighted by atomic mass is 19.1. The van der Waals surface area contributed by atoms with Crippen LogP contribution in [0.3, 0.4) is 0 Å². The van der Waals surface area contributed by atoms with Gasteiger partial charge in [0, 0.05) is 17.9 Å². The summed E-state index contributed by atoms with van der Waals surface area (Å²) < 4.78 is 13.7. The van der Waals surface area contributed by atoms with E-state index in [-0.39, 0.29) is 23.5 Å². The van der Waals surface area contributed by atoms with E-state index in [1.165, 1.54) is 6.07 Å². The maximum absolute atomic E-state index is 13.7. The molecule has 1 heterocycles. The van der Waals surface area contributed by atoms with Gasteiger partial charge in [-0.15, -0.1) is 0 Å². The summed E-state index contributed by atoms with van der Waals surface area (Å²) in [6.07, 6.45) is 1.65. The van der Waals surface area contributed by atoms with Gasteiger partial charge in [-0.1, -0.05) is 24.3 Å². The number of piperidine rings is 1. The zero-order valence-electron chi connectivity index (χ0n) is 16.2. The van der Waals surface area contributed by atoms with Crippen molar-refractivity contribution in [3.63, 3.8) is 0 Å². The van der Waals surface area contributed by atoms with Gasteiger partial charge in [-0.2, -0.15) is 0 Å². The first kappa shape index (κ1) is 20.0. The standard InChI is InChI=1S/C22H26FN3O2/c1-15-10-11-19(13-20(15)23)25-21(27)16(2)26-12-6-7-17(14-26)22(28)24-18-8-4-3-5-9-18/h3-5,8-11,13,16-17H,6-7,12,14H2,1-2H3,(H,24,28)(H,25,27)/t16-,17-/m0/s1. The molecule has 2 atom stereocenters. The minimum Gasteiger partial charge on any atom is -0.326 e. The normalized spacial score (nSPS) is 18.3. The number of carbonyl (C=O) groups is 2. The third-order valence-corrected chi connectivity index (χ3v) is 5.23. The Morgan fingerprint density at radius 1 is 1.11 bits per heavy atom. The van der Waals surface area contributed by atoms with E-state index >= 15 is 0 Å². The van der Waals surface area contributed by atoms with Crippen molar-refractivity contribution in [1.29, 1.82) is 0 Å². The van der Waals surface area contributed by atoms with E-state index in [0.29, 0.717) is 17.8 Å². The molecule has 1 aliphatic heterocycles. The van der Waals surface area contributed by atoms with E-state index in [9.17, 15) is 14.0 Å². The number of rotatable bonds is 5. The number of halogens is 1. The van der Waals surface area contributed by atoms with Crippen LogP contribution in [0.5, 0.6) is 0 Å². The SMILES string of the molecule is Cc1ccc(NC(=O)[C@H](C)N2CCC[C@H](C(=O)Nc3ccccc3)C2)cc1F. The molecular weight excluding hydrogens is 357 g/mol. The average molecular weight is 383 g/mol. The fourth-order valence-electron chi connectivity index (χ4n) is 3.42. The Hall–Kier alpha value is -2.73. The van der Waals surface area contributed by atoms with Gasteiger partial charge in [-0.25, -0.2) is 4.39 Å². The number of carbonyl (C=O) groups excluding carboxylic acids is 2. The molecule has 0 radical (unpaired) electrons. The first-order chi connectivity index (χ1) is 13.4. The van der Waals surface area contributed by atoms with Crippen LogP contribution in [0.4, 0.5) is 15.8 Å². The molecule has 1 fully saturated rings. The number of nitrogens with zero attached hydrogens (tertiary/aromatic N) is 1. The second kappa shape index (κ2) is 8.97. The van der Waals surface area contributed by atoms with Gasteiger partial charge in [-0.3, -0.25) is 14.5 Å². The number of aryl methyl sites for hydroxylation is 1. The van der Waals surface area contributed by atoms with Crippen molar-refractivity contribution < 1.29 is 14.0 Å². The molecule has 2 aromatic rings. The largest absolute Gasteiger partial charge is 0.326 e. The Bertz CT molecular complexity index is 841. The van der Waals surface area contributed by atoms with Crippen molar-refractivity contribution in [2.45, 2.75) is 32.7 Å². The highest BCUT2D eigenvalue weighted by Gasteiger charge is 2.31. The second-order valence-electron chi connectivity index (χ2n) is 7.32. The third-order valence-electron chi connectivity index (χ3n) is 5.23. The molecule has 148 valence electrons. The van der Waals surface area contributed by atoms with Gasteiger partial charge in [0.2, 0.25) is 11.8 Å². The van der Waals surface area contributed by atoms with E-state index in [1.54, 1.807) is 19.1 Å². The van der Waals surface area contributed by atoms with Crippen molar-refractivity contribution in [3.8, 4) is 0 Å². The number of anilines is 2. The van der Waals surface area contributed by atoms with Crippen LogP contribution in [-0.2, 0) is 9.59 Å². The summed E-state index contributed by atoms with van der Waals surface area (Å²) in [5.41, 5.74) is 1.75. The molecule has 1 aliphatic rings. The van der Waals surface area contributed by atoms with Crippen LogP contribution < -0.4 is 10.6 Å². The molecule has 28 heavy (non-hydrogen) atoms. The number of para-hydroxylation sites is 1. The van der Waals surface area contributed by atoms with Gasteiger partial charge >= 0.3 is 0 Å². The predicted molar refractivity (Wildman–Crippen MR) is 109 cm³/mol. The minimum absolute atomic E-state index is 0.0240. The molecular formula is C22H26FN3O2. The average Bonchev–Trinajstić information content (AvgIpc) is 2.71. The van der Waals surface area contributed by atoms with Gasteiger partial charge in [0.15, 0.2) is 0 Å². The maximum atomic E-state index is 13.7. The van der Waals surface area contributed by atoms with Crippen LogP contribution in [0.25, 0.3) is 0 Å². The van der Waals surface area contributed by atoms with E-state index in [4.69, 9.17) is 0 Å². The lowest BCUT2D eigenvalue weighted by molar-refractivity contribution is -0.125. The molecule has 0 bridgehead atoms. The molecule has 5 nitrogen and oxygen atoms in total. The molecule has 0 spiro atoms. The summed E-state index contributed by atoms with van der Waals surface area (Å²) in [5, 5.41) is 5.71. The third kappa shape index (κ3) is 4.95. The van der Waals surface area contributed by atoms with Crippen molar-refractivity contribution >= 4 is 23.2 Å². The molecule has 1 saturated heterocycles.